The third-order valence-electron chi connectivity index (χ3n) is 5.18. The van der Waals surface area contributed by atoms with Crippen molar-refractivity contribution in [1.29, 1.82) is 0 Å². The van der Waals surface area contributed by atoms with Gasteiger partial charge in [0.2, 0.25) is 0 Å². The van der Waals surface area contributed by atoms with Crippen LogP contribution in [0.25, 0.3) is 0 Å². The van der Waals surface area contributed by atoms with Crippen molar-refractivity contribution in [2.45, 2.75) is 71.0 Å². The summed E-state index contributed by atoms with van der Waals surface area (Å²) >= 11 is 1.88. The van der Waals surface area contributed by atoms with E-state index in [1.807, 2.05) is 11.3 Å². The fraction of sp³-hybridized carbons (Fsp3) is 0.812. The Kier molecular flexibility index (Phi) is 4.16. The molecule has 1 aromatic rings. The summed E-state index contributed by atoms with van der Waals surface area (Å²) < 4.78 is 0. The van der Waals surface area contributed by atoms with Crippen molar-refractivity contribution in [1.82, 2.24) is 15.2 Å². The normalized spacial score (nSPS) is 26.4. The molecule has 1 spiro atoms. The van der Waals surface area contributed by atoms with E-state index < -0.39 is 0 Å². The number of piperazine rings is 1. The quantitative estimate of drug-likeness (QED) is 0.927. The van der Waals surface area contributed by atoms with Crippen molar-refractivity contribution in [3.8, 4) is 0 Å². The predicted octanol–water partition coefficient (Wildman–Crippen LogP) is 3.26. The zero-order chi connectivity index (χ0) is 14.2. The van der Waals surface area contributed by atoms with Crippen molar-refractivity contribution >= 4 is 11.3 Å². The number of thiazole rings is 1. The summed E-state index contributed by atoms with van der Waals surface area (Å²) in [4.78, 5) is 8.81. The molecule has 1 atom stereocenters. The second-order valence-electron chi connectivity index (χ2n) is 6.58. The summed E-state index contributed by atoms with van der Waals surface area (Å²) in [5.74, 6) is 0. The van der Waals surface area contributed by atoms with E-state index in [0.717, 1.165) is 13.1 Å². The van der Waals surface area contributed by atoms with Crippen LogP contribution in [0.3, 0.4) is 0 Å². The van der Waals surface area contributed by atoms with Crippen LogP contribution in [-0.4, -0.2) is 34.6 Å². The molecule has 3 rings (SSSR count). The molecule has 3 nitrogen and oxygen atoms in total. The molecule has 1 aromatic heterocycles. The van der Waals surface area contributed by atoms with Gasteiger partial charge in [-0.2, -0.15) is 0 Å². The van der Waals surface area contributed by atoms with E-state index in [-0.39, 0.29) is 0 Å². The maximum absolute atomic E-state index is 4.74. The zero-order valence-electron chi connectivity index (χ0n) is 13.0. The lowest BCUT2D eigenvalue weighted by Crippen LogP contribution is -2.62. The van der Waals surface area contributed by atoms with Crippen molar-refractivity contribution in [3.05, 3.63) is 15.6 Å². The molecular weight excluding hydrogens is 266 g/mol. The molecule has 0 radical (unpaired) electrons. The van der Waals surface area contributed by atoms with Gasteiger partial charge in [-0.1, -0.05) is 19.8 Å². The Morgan fingerprint density at radius 2 is 2.10 bits per heavy atom. The molecule has 0 amide bonds. The van der Waals surface area contributed by atoms with Crippen LogP contribution in [0.1, 0.15) is 54.6 Å². The highest BCUT2D eigenvalue weighted by Crippen LogP contribution is 2.34. The molecule has 1 saturated carbocycles. The summed E-state index contributed by atoms with van der Waals surface area (Å²) in [6.07, 6.45) is 6.73. The summed E-state index contributed by atoms with van der Waals surface area (Å²) in [5, 5.41) is 5.17. The minimum atomic E-state index is 0.410. The van der Waals surface area contributed by atoms with E-state index in [1.165, 1.54) is 54.2 Å². The second-order valence-corrected chi connectivity index (χ2v) is 7.87. The number of hydrogen-bond acceptors (Lipinski definition) is 4. The van der Waals surface area contributed by atoms with Crippen molar-refractivity contribution < 1.29 is 0 Å². The molecule has 20 heavy (non-hydrogen) atoms. The molecule has 2 aliphatic rings. The monoisotopic (exact) mass is 293 g/mol. The minimum Gasteiger partial charge on any atom is -0.308 e. The van der Waals surface area contributed by atoms with Gasteiger partial charge in [0.15, 0.2) is 0 Å². The van der Waals surface area contributed by atoms with E-state index in [2.05, 4.69) is 31.0 Å². The van der Waals surface area contributed by atoms with E-state index in [9.17, 15) is 0 Å². The van der Waals surface area contributed by atoms with Gasteiger partial charge < -0.3 is 5.32 Å². The average Bonchev–Trinajstić information content (AvgIpc) is 2.98. The Morgan fingerprint density at radius 3 is 2.70 bits per heavy atom. The lowest BCUT2D eigenvalue weighted by atomic mass is 9.91. The van der Waals surface area contributed by atoms with Gasteiger partial charge in [0, 0.05) is 29.5 Å². The first-order valence-corrected chi connectivity index (χ1v) is 8.85. The molecule has 1 aliphatic heterocycles. The largest absolute Gasteiger partial charge is 0.308 e. The number of rotatable bonds is 3. The lowest BCUT2D eigenvalue weighted by Gasteiger charge is -2.46. The van der Waals surface area contributed by atoms with Gasteiger partial charge >= 0.3 is 0 Å². The first-order valence-electron chi connectivity index (χ1n) is 8.04. The van der Waals surface area contributed by atoms with Crippen LogP contribution in [0.15, 0.2) is 0 Å². The fourth-order valence-corrected chi connectivity index (χ4v) is 4.75. The van der Waals surface area contributed by atoms with E-state index in [0.29, 0.717) is 11.6 Å². The van der Waals surface area contributed by atoms with Crippen LogP contribution >= 0.6 is 11.3 Å². The summed E-state index contributed by atoms with van der Waals surface area (Å²) in [5.41, 5.74) is 1.62. The van der Waals surface area contributed by atoms with E-state index in [1.54, 1.807) is 0 Å². The molecule has 112 valence electrons. The van der Waals surface area contributed by atoms with Gasteiger partial charge in [-0.05, 0) is 33.1 Å². The Morgan fingerprint density at radius 1 is 1.35 bits per heavy atom. The molecule has 1 unspecified atom stereocenters. The van der Waals surface area contributed by atoms with E-state index in [4.69, 9.17) is 4.98 Å². The van der Waals surface area contributed by atoms with Gasteiger partial charge in [-0.25, -0.2) is 4.98 Å². The Labute approximate surface area is 126 Å². The van der Waals surface area contributed by atoms with E-state index >= 15 is 0 Å². The molecule has 2 heterocycles. The maximum atomic E-state index is 4.74. The SMILES string of the molecule is CCC1CNC2(CCCC2)CN1Cc1nc(C)c(C)s1. The average molecular weight is 293 g/mol. The van der Waals surface area contributed by atoms with Crippen LogP contribution in [-0.2, 0) is 6.54 Å². The van der Waals surface area contributed by atoms with Crippen LogP contribution in [0, 0.1) is 13.8 Å². The lowest BCUT2D eigenvalue weighted by molar-refractivity contribution is 0.0717. The Bertz CT molecular complexity index is 443. The fourth-order valence-electron chi connectivity index (χ4n) is 3.79. The number of hydrogen-bond donors (Lipinski definition) is 1. The standard InChI is InChI=1S/C16H27N3S/c1-4-14-9-17-16(7-5-6-8-16)11-19(14)10-15-18-12(2)13(3)20-15/h14,17H,4-11H2,1-3H3. The molecule has 1 saturated heterocycles. The number of nitrogens with zero attached hydrogens (tertiary/aromatic N) is 2. The second kappa shape index (κ2) is 5.74. The van der Waals surface area contributed by atoms with Gasteiger partial charge in [0.1, 0.15) is 5.01 Å². The summed E-state index contributed by atoms with van der Waals surface area (Å²) in [7, 11) is 0. The van der Waals surface area contributed by atoms with Crippen LogP contribution < -0.4 is 5.32 Å². The van der Waals surface area contributed by atoms with Crippen LogP contribution in [0.5, 0.6) is 0 Å². The molecule has 1 N–H and O–H groups in total. The molecule has 2 fully saturated rings. The predicted molar refractivity (Wildman–Crippen MR) is 85.3 cm³/mol. The van der Waals surface area contributed by atoms with Gasteiger partial charge in [-0.3, -0.25) is 4.90 Å². The highest BCUT2D eigenvalue weighted by molar-refractivity contribution is 7.11. The molecule has 0 bridgehead atoms. The molecule has 4 heteroatoms. The highest BCUT2D eigenvalue weighted by Gasteiger charge is 2.40. The van der Waals surface area contributed by atoms with Crippen molar-refractivity contribution in [2.75, 3.05) is 13.1 Å². The zero-order valence-corrected chi connectivity index (χ0v) is 13.9. The van der Waals surface area contributed by atoms with Crippen LogP contribution in [0.2, 0.25) is 0 Å². The van der Waals surface area contributed by atoms with Gasteiger partial charge in [0.05, 0.1) is 12.2 Å². The van der Waals surface area contributed by atoms with Crippen molar-refractivity contribution in [2.24, 2.45) is 0 Å². The Balaban J connectivity index is 1.73. The molecular formula is C16H27N3S. The summed E-state index contributed by atoms with van der Waals surface area (Å²) in [6.45, 7) is 10.0. The third-order valence-corrected chi connectivity index (χ3v) is 6.24. The van der Waals surface area contributed by atoms with Crippen molar-refractivity contribution in [3.63, 3.8) is 0 Å². The topological polar surface area (TPSA) is 28.2 Å². The first-order chi connectivity index (χ1) is 9.62. The smallest absolute Gasteiger partial charge is 0.107 e. The number of nitrogens with one attached hydrogen (secondary N) is 1. The van der Waals surface area contributed by atoms with Crippen LogP contribution in [0.4, 0.5) is 0 Å². The minimum absolute atomic E-state index is 0.410. The molecule has 1 aliphatic carbocycles. The van der Waals surface area contributed by atoms with Gasteiger partial charge in [0.25, 0.3) is 0 Å². The number of aromatic nitrogens is 1. The first kappa shape index (κ1) is 14.5. The maximum Gasteiger partial charge on any atom is 0.107 e. The highest BCUT2D eigenvalue weighted by atomic mass is 32.1. The summed E-state index contributed by atoms with van der Waals surface area (Å²) in [6, 6.07) is 0.672. The third kappa shape index (κ3) is 2.78. The molecule has 0 aromatic carbocycles. The van der Waals surface area contributed by atoms with Gasteiger partial charge in [-0.15, -0.1) is 11.3 Å². The number of aryl methyl sites for hydroxylation is 2. The Hall–Kier alpha value is -0.450.